The molecule has 1 aliphatic heterocycles. The molecule has 0 saturated carbocycles. The van der Waals surface area contributed by atoms with Crippen LogP contribution in [-0.4, -0.2) is 32.9 Å². The molecule has 1 fully saturated rings. The number of benzene rings is 1. The van der Waals surface area contributed by atoms with E-state index in [0.29, 0.717) is 37.1 Å². The summed E-state index contributed by atoms with van der Waals surface area (Å²) >= 11 is 0. The zero-order chi connectivity index (χ0) is 21.5. The number of halogens is 4. The topological polar surface area (TPSA) is 95.0 Å². The first-order valence-corrected chi connectivity index (χ1v) is 9.06. The van der Waals surface area contributed by atoms with Crippen LogP contribution in [0.2, 0.25) is 0 Å². The highest BCUT2D eigenvalue weighted by molar-refractivity contribution is 5.55. The number of aromatic nitrogens is 3. The summed E-state index contributed by atoms with van der Waals surface area (Å²) in [4.78, 5) is 33.9. The van der Waals surface area contributed by atoms with Crippen molar-refractivity contribution in [3.05, 3.63) is 74.1 Å². The number of H-pyrrole nitrogens is 2. The number of nitrogens with zero attached hydrogens (tertiary/aromatic N) is 2. The Morgan fingerprint density at radius 3 is 2.73 bits per heavy atom. The Hall–Kier alpha value is -3.21. The molecule has 0 radical (unpaired) electrons. The zero-order valence-electron chi connectivity index (χ0n) is 15.4. The van der Waals surface area contributed by atoms with Gasteiger partial charge in [-0.1, -0.05) is 0 Å². The van der Waals surface area contributed by atoms with Gasteiger partial charge in [0.25, 0.3) is 5.56 Å². The highest BCUT2D eigenvalue weighted by atomic mass is 19.4. The van der Waals surface area contributed by atoms with Gasteiger partial charge >= 0.3 is 11.9 Å². The third-order valence-electron chi connectivity index (χ3n) is 4.95. The fourth-order valence-electron chi connectivity index (χ4n) is 3.55. The zero-order valence-corrected chi connectivity index (χ0v) is 15.4. The summed E-state index contributed by atoms with van der Waals surface area (Å²) in [5.74, 6) is -1.43. The van der Waals surface area contributed by atoms with Gasteiger partial charge in [-0.25, -0.2) is 14.2 Å². The molecule has 0 spiro atoms. The summed E-state index contributed by atoms with van der Waals surface area (Å²) in [6.45, 7) is 1.62. The number of rotatable bonds is 4. The lowest BCUT2D eigenvalue weighted by atomic mass is 10.1. The Balaban J connectivity index is 1.47. The number of hydrogen-bond donors (Lipinski definition) is 2. The summed E-state index contributed by atoms with van der Waals surface area (Å²) in [5, 5.41) is 0. The van der Waals surface area contributed by atoms with E-state index in [1.807, 2.05) is 4.90 Å². The number of hydrogen-bond acceptors (Lipinski definition) is 5. The van der Waals surface area contributed by atoms with E-state index in [1.54, 1.807) is 0 Å². The predicted molar refractivity (Wildman–Crippen MR) is 97.2 cm³/mol. The predicted octanol–water partition coefficient (Wildman–Crippen LogP) is 2.87. The maximum Gasteiger partial charge on any atom is 0.419 e. The highest BCUT2D eigenvalue weighted by Crippen LogP contribution is 2.34. The minimum Gasteiger partial charge on any atom is -0.444 e. The van der Waals surface area contributed by atoms with E-state index in [2.05, 4.69) is 15.0 Å². The summed E-state index contributed by atoms with van der Waals surface area (Å²) in [7, 11) is 0. The fraction of sp³-hybridized carbons (Fsp3) is 0.316. The van der Waals surface area contributed by atoms with E-state index >= 15 is 0 Å². The SMILES string of the molecule is O=c1cc(C2CCN(Cc3coc(-c4ccc(F)c(C(F)(F)F)c4)n3)C2)[nH]c(=O)[nH]1. The van der Waals surface area contributed by atoms with Gasteiger partial charge in [0, 0.05) is 36.3 Å². The molecule has 1 atom stereocenters. The van der Waals surface area contributed by atoms with Gasteiger partial charge in [-0.2, -0.15) is 13.2 Å². The average molecular weight is 424 g/mol. The Morgan fingerprint density at radius 2 is 2.00 bits per heavy atom. The molecule has 1 aliphatic rings. The van der Waals surface area contributed by atoms with E-state index in [9.17, 15) is 27.2 Å². The standard InChI is InChI=1S/C19H16F4N4O3/c20-14-2-1-10(5-13(14)19(21,22)23)17-24-12(9-30-17)8-27-4-3-11(7-27)15-6-16(28)26-18(29)25-15/h1-2,5-6,9,11H,3-4,7-8H2,(H2,25,26,28,29). The van der Waals surface area contributed by atoms with Crippen LogP contribution in [0.5, 0.6) is 0 Å². The van der Waals surface area contributed by atoms with Crippen LogP contribution in [0.3, 0.4) is 0 Å². The summed E-state index contributed by atoms with van der Waals surface area (Å²) in [5.41, 5.74) is -1.33. The molecular formula is C19H16F4N4O3. The van der Waals surface area contributed by atoms with E-state index < -0.39 is 28.8 Å². The number of aromatic amines is 2. The molecule has 1 aromatic carbocycles. The van der Waals surface area contributed by atoms with Crippen molar-refractivity contribution < 1.29 is 22.0 Å². The van der Waals surface area contributed by atoms with Crippen LogP contribution >= 0.6 is 0 Å². The van der Waals surface area contributed by atoms with Gasteiger partial charge in [0.05, 0.1) is 11.3 Å². The lowest BCUT2D eigenvalue weighted by Crippen LogP contribution is -2.25. The van der Waals surface area contributed by atoms with Crippen molar-refractivity contribution in [1.82, 2.24) is 19.9 Å². The Labute approximate surface area is 166 Å². The fourth-order valence-corrected chi connectivity index (χ4v) is 3.55. The van der Waals surface area contributed by atoms with Crippen LogP contribution in [0, 0.1) is 5.82 Å². The summed E-state index contributed by atoms with van der Waals surface area (Å²) < 4.78 is 57.5. The average Bonchev–Trinajstić information content (AvgIpc) is 3.30. The van der Waals surface area contributed by atoms with Crippen molar-refractivity contribution in [2.45, 2.75) is 25.1 Å². The van der Waals surface area contributed by atoms with Gasteiger partial charge in [-0.05, 0) is 31.2 Å². The van der Waals surface area contributed by atoms with E-state index in [0.717, 1.165) is 12.5 Å². The molecule has 2 N–H and O–H groups in total. The minimum atomic E-state index is -4.82. The summed E-state index contributed by atoms with van der Waals surface area (Å²) in [6, 6.07) is 3.93. The van der Waals surface area contributed by atoms with Crippen molar-refractivity contribution in [3.63, 3.8) is 0 Å². The largest absolute Gasteiger partial charge is 0.444 e. The molecule has 1 saturated heterocycles. The maximum atomic E-state index is 13.5. The Bertz CT molecular complexity index is 1150. The molecule has 30 heavy (non-hydrogen) atoms. The van der Waals surface area contributed by atoms with Crippen molar-refractivity contribution in [1.29, 1.82) is 0 Å². The third kappa shape index (κ3) is 4.20. The molecule has 0 amide bonds. The molecule has 1 unspecified atom stereocenters. The van der Waals surface area contributed by atoms with Crippen LogP contribution in [0.1, 0.15) is 29.3 Å². The lowest BCUT2D eigenvalue weighted by molar-refractivity contribution is -0.139. The minimum absolute atomic E-state index is 0.0235. The molecule has 7 nitrogen and oxygen atoms in total. The molecule has 3 aromatic rings. The van der Waals surface area contributed by atoms with Crippen LogP contribution in [0.15, 0.2) is 44.5 Å². The highest BCUT2D eigenvalue weighted by Gasteiger charge is 2.34. The van der Waals surface area contributed by atoms with Gasteiger partial charge in [0.2, 0.25) is 5.89 Å². The molecule has 158 valence electrons. The second-order valence-corrected chi connectivity index (χ2v) is 7.10. The van der Waals surface area contributed by atoms with Crippen LogP contribution < -0.4 is 11.2 Å². The van der Waals surface area contributed by atoms with Crippen molar-refractivity contribution in [2.75, 3.05) is 13.1 Å². The van der Waals surface area contributed by atoms with Gasteiger partial charge in [-0.3, -0.25) is 14.7 Å². The molecular weight excluding hydrogens is 408 g/mol. The third-order valence-corrected chi connectivity index (χ3v) is 4.95. The summed E-state index contributed by atoms with van der Waals surface area (Å²) in [6.07, 6.45) is -2.76. The molecule has 0 aliphatic carbocycles. The van der Waals surface area contributed by atoms with Gasteiger partial charge in [0.1, 0.15) is 12.1 Å². The Morgan fingerprint density at radius 1 is 1.20 bits per heavy atom. The smallest absolute Gasteiger partial charge is 0.419 e. The van der Waals surface area contributed by atoms with Crippen LogP contribution in [-0.2, 0) is 12.7 Å². The maximum absolute atomic E-state index is 13.5. The first-order valence-electron chi connectivity index (χ1n) is 9.06. The second-order valence-electron chi connectivity index (χ2n) is 7.10. The van der Waals surface area contributed by atoms with Crippen molar-refractivity contribution in [3.8, 4) is 11.5 Å². The number of nitrogens with one attached hydrogen (secondary N) is 2. The van der Waals surface area contributed by atoms with Crippen molar-refractivity contribution >= 4 is 0 Å². The van der Waals surface area contributed by atoms with Gasteiger partial charge in [-0.15, -0.1) is 0 Å². The normalized spacial score (nSPS) is 17.5. The number of alkyl halides is 3. The van der Waals surface area contributed by atoms with Crippen molar-refractivity contribution in [2.24, 2.45) is 0 Å². The molecule has 3 heterocycles. The van der Waals surface area contributed by atoms with E-state index in [1.165, 1.54) is 18.4 Å². The molecule has 0 bridgehead atoms. The number of oxazole rings is 1. The van der Waals surface area contributed by atoms with Gasteiger partial charge in [0.15, 0.2) is 0 Å². The number of likely N-dealkylation sites (tertiary alicyclic amines) is 1. The first kappa shape index (κ1) is 20.1. The Kier molecular flexibility index (Phi) is 5.06. The molecule has 2 aromatic heterocycles. The van der Waals surface area contributed by atoms with Crippen LogP contribution in [0.25, 0.3) is 11.5 Å². The van der Waals surface area contributed by atoms with Crippen LogP contribution in [0.4, 0.5) is 17.6 Å². The second kappa shape index (κ2) is 7.56. The lowest BCUT2D eigenvalue weighted by Gasteiger charge is -2.14. The quantitative estimate of drug-likeness (QED) is 0.628. The van der Waals surface area contributed by atoms with Gasteiger partial charge < -0.3 is 9.40 Å². The van der Waals surface area contributed by atoms with E-state index in [-0.39, 0.29) is 17.4 Å². The molecule has 4 rings (SSSR count). The monoisotopic (exact) mass is 424 g/mol. The van der Waals surface area contributed by atoms with E-state index in [4.69, 9.17) is 4.42 Å². The first-order chi connectivity index (χ1) is 14.2. The molecule has 11 heteroatoms.